The second kappa shape index (κ2) is 7.56. The summed E-state index contributed by atoms with van der Waals surface area (Å²) in [5.41, 5.74) is 1.06. The Morgan fingerprint density at radius 3 is 2.14 bits per heavy atom. The Kier molecular flexibility index (Phi) is 5.75. The highest BCUT2D eigenvalue weighted by Gasteiger charge is 2.26. The van der Waals surface area contributed by atoms with Crippen LogP contribution < -0.4 is 5.30 Å². The molecule has 1 aromatic carbocycles. The van der Waals surface area contributed by atoms with Crippen molar-refractivity contribution in [2.24, 2.45) is 5.92 Å². The summed E-state index contributed by atoms with van der Waals surface area (Å²) in [6.45, 7) is 4.34. The first-order chi connectivity index (χ1) is 10.2. The van der Waals surface area contributed by atoms with E-state index in [4.69, 9.17) is 9.05 Å². The Morgan fingerprint density at radius 2 is 1.62 bits per heavy atom. The summed E-state index contributed by atoms with van der Waals surface area (Å²) in [7, 11) is -3.18. The van der Waals surface area contributed by atoms with E-state index in [0.29, 0.717) is 24.4 Å². The maximum Gasteiger partial charge on any atom is 0.361 e. The second-order valence-electron chi connectivity index (χ2n) is 4.63. The van der Waals surface area contributed by atoms with Crippen LogP contribution in [-0.2, 0) is 13.6 Å². The van der Waals surface area contributed by atoms with Gasteiger partial charge in [0.15, 0.2) is 0 Å². The number of hydrogen-bond acceptors (Lipinski definition) is 3. The summed E-state index contributed by atoms with van der Waals surface area (Å²) in [5.74, 6) is 0.364. The minimum atomic E-state index is -3.18. The van der Waals surface area contributed by atoms with E-state index in [2.05, 4.69) is 24.3 Å². The molecule has 0 unspecified atom stereocenters. The number of allylic oxidation sites excluding steroid dienone is 5. The molecule has 0 heterocycles. The van der Waals surface area contributed by atoms with Crippen molar-refractivity contribution < 1.29 is 13.6 Å². The lowest BCUT2D eigenvalue weighted by molar-refractivity contribution is 0.230. The fraction of sp³-hybridized carbons (Fsp3) is 0.294. The largest absolute Gasteiger partial charge is 0.361 e. The third-order valence-electron chi connectivity index (χ3n) is 3.10. The van der Waals surface area contributed by atoms with Gasteiger partial charge in [0.25, 0.3) is 0 Å². The summed E-state index contributed by atoms with van der Waals surface area (Å²) in [5, 5.41) is 0.601. The van der Waals surface area contributed by atoms with E-state index in [9.17, 15) is 4.57 Å². The molecular formula is C17H21O3P. The summed E-state index contributed by atoms with van der Waals surface area (Å²) in [6, 6.07) is 7.48. The third-order valence-corrected chi connectivity index (χ3v) is 5.22. The highest BCUT2D eigenvalue weighted by Crippen LogP contribution is 2.46. The van der Waals surface area contributed by atoms with Gasteiger partial charge in [0.2, 0.25) is 0 Å². The van der Waals surface area contributed by atoms with Gasteiger partial charge in [-0.25, -0.2) is 0 Å². The van der Waals surface area contributed by atoms with Gasteiger partial charge in [0.05, 0.1) is 18.5 Å². The Balaban J connectivity index is 2.11. The third kappa shape index (κ3) is 4.28. The number of hydrogen-bond donors (Lipinski definition) is 0. The van der Waals surface area contributed by atoms with Crippen molar-refractivity contribution in [3.05, 3.63) is 60.2 Å². The van der Waals surface area contributed by atoms with E-state index < -0.39 is 7.60 Å². The molecule has 1 aliphatic carbocycles. The second-order valence-corrected chi connectivity index (χ2v) is 6.66. The van der Waals surface area contributed by atoms with Gasteiger partial charge in [0.1, 0.15) is 0 Å². The zero-order valence-electron chi connectivity index (χ0n) is 12.4. The molecule has 3 nitrogen and oxygen atoms in total. The first-order valence-corrected chi connectivity index (χ1v) is 8.75. The van der Waals surface area contributed by atoms with Gasteiger partial charge in [-0.1, -0.05) is 48.6 Å². The number of benzene rings is 1. The van der Waals surface area contributed by atoms with Crippen molar-refractivity contribution in [2.75, 3.05) is 13.2 Å². The van der Waals surface area contributed by atoms with E-state index in [1.54, 1.807) is 0 Å². The molecule has 0 radical (unpaired) electrons. The zero-order valence-corrected chi connectivity index (χ0v) is 13.3. The van der Waals surface area contributed by atoms with Crippen LogP contribution in [0.4, 0.5) is 0 Å². The maximum atomic E-state index is 12.6. The minimum Gasteiger partial charge on any atom is -0.305 e. The molecule has 0 spiro atoms. The normalized spacial score (nSPS) is 15.3. The van der Waals surface area contributed by atoms with Crippen LogP contribution in [0, 0.1) is 5.92 Å². The lowest BCUT2D eigenvalue weighted by atomic mass is 10.1. The van der Waals surface area contributed by atoms with Gasteiger partial charge in [-0.3, -0.25) is 4.57 Å². The quantitative estimate of drug-likeness (QED) is 0.703. The van der Waals surface area contributed by atoms with Crippen LogP contribution in [0.25, 0.3) is 6.08 Å². The zero-order chi connectivity index (χ0) is 15.1. The molecule has 0 aliphatic heterocycles. The molecule has 2 rings (SSSR count). The van der Waals surface area contributed by atoms with Crippen molar-refractivity contribution in [3.8, 4) is 0 Å². The van der Waals surface area contributed by atoms with Gasteiger partial charge in [-0.15, -0.1) is 0 Å². The molecule has 0 aromatic heterocycles. The summed E-state index contributed by atoms with van der Waals surface area (Å²) in [4.78, 5) is 0. The molecule has 0 bridgehead atoms. The van der Waals surface area contributed by atoms with E-state index in [1.165, 1.54) is 0 Å². The highest BCUT2D eigenvalue weighted by molar-refractivity contribution is 7.62. The molecule has 112 valence electrons. The summed E-state index contributed by atoms with van der Waals surface area (Å²) in [6.07, 6.45) is 12.5. The molecule has 0 N–H and O–H groups in total. The fourth-order valence-electron chi connectivity index (χ4n) is 2.09. The van der Waals surface area contributed by atoms with Gasteiger partial charge < -0.3 is 9.05 Å². The molecule has 4 heteroatoms. The van der Waals surface area contributed by atoms with Crippen molar-refractivity contribution in [3.63, 3.8) is 0 Å². The van der Waals surface area contributed by atoms with Gasteiger partial charge >= 0.3 is 7.60 Å². The average Bonchev–Trinajstić information content (AvgIpc) is 2.99. The van der Waals surface area contributed by atoms with E-state index in [-0.39, 0.29) is 0 Å². The SMILES string of the molecule is CCOP(=O)(OCC)c1ccc(/C=C/C2C=CC=C2)cc1. The van der Waals surface area contributed by atoms with Crippen molar-refractivity contribution in [2.45, 2.75) is 13.8 Å². The standard InChI is InChI=1S/C17H21O3P/c1-3-19-21(18,20-4-2)17-13-11-16(12-14-17)10-9-15-7-5-6-8-15/h5-15H,3-4H2,1-2H3/b10-9+. The Hall–Kier alpha value is -1.41. The van der Waals surface area contributed by atoms with Crippen molar-refractivity contribution >= 4 is 19.0 Å². The lowest BCUT2D eigenvalue weighted by Gasteiger charge is -2.17. The van der Waals surface area contributed by atoms with E-state index in [1.807, 2.05) is 50.3 Å². The Labute approximate surface area is 126 Å². The van der Waals surface area contributed by atoms with Crippen LogP contribution in [0.15, 0.2) is 54.6 Å². The monoisotopic (exact) mass is 304 g/mol. The molecule has 0 atom stereocenters. The molecule has 0 saturated carbocycles. The predicted octanol–water partition coefficient (Wildman–Crippen LogP) is 4.33. The van der Waals surface area contributed by atoms with E-state index in [0.717, 1.165) is 5.56 Å². The topological polar surface area (TPSA) is 35.5 Å². The van der Waals surface area contributed by atoms with Gasteiger partial charge in [-0.05, 0) is 31.5 Å². The first-order valence-electron chi connectivity index (χ1n) is 7.21. The minimum absolute atomic E-state index is 0.360. The molecule has 0 saturated heterocycles. The summed E-state index contributed by atoms with van der Waals surface area (Å²) < 4.78 is 23.3. The average molecular weight is 304 g/mol. The Morgan fingerprint density at radius 1 is 1.05 bits per heavy atom. The fourth-order valence-corrected chi connectivity index (χ4v) is 3.66. The van der Waals surface area contributed by atoms with Crippen LogP contribution in [0.5, 0.6) is 0 Å². The van der Waals surface area contributed by atoms with Crippen LogP contribution >= 0.6 is 7.60 Å². The summed E-state index contributed by atoms with van der Waals surface area (Å²) >= 11 is 0. The first kappa shape index (κ1) is 16.0. The molecular weight excluding hydrogens is 283 g/mol. The molecule has 1 aliphatic rings. The van der Waals surface area contributed by atoms with Gasteiger partial charge in [0, 0.05) is 5.92 Å². The van der Waals surface area contributed by atoms with E-state index >= 15 is 0 Å². The smallest absolute Gasteiger partial charge is 0.305 e. The van der Waals surface area contributed by atoms with Crippen LogP contribution in [-0.4, -0.2) is 13.2 Å². The van der Waals surface area contributed by atoms with Crippen LogP contribution in [0.2, 0.25) is 0 Å². The van der Waals surface area contributed by atoms with Crippen LogP contribution in [0.1, 0.15) is 19.4 Å². The predicted molar refractivity (Wildman–Crippen MR) is 87.7 cm³/mol. The Bertz CT molecular complexity index is 563. The molecule has 0 fully saturated rings. The number of rotatable bonds is 7. The van der Waals surface area contributed by atoms with Crippen molar-refractivity contribution in [1.29, 1.82) is 0 Å². The molecule has 0 amide bonds. The van der Waals surface area contributed by atoms with Gasteiger partial charge in [-0.2, -0.15) is 0 Å². The molecule has 21 heavy (non-hydrogen) atoms. The lowest BCUT2D eigenvalue weighted by Crippen LogP contribution is -2.10. The molecule has 1 aromatic rings. The van der Waals surface area contributed by atoms with Crippen LogP contribution in [0.3, 0.4) is 0 Å². The maximum absolute atomic E-state index is 12.6. The highest BCUT2D eigenvalue weighted by atomic mass is 31.2. The van der Waals surface area contributed by atoms with Crippen molar-refractivity contribution in [1.82, 2.24) is 0 Å².